The Morgan fingerprint density at radius 1 is 1.27 bits per heavy atom. The predicted octanol–water partition coefficient (Wildman–Crippen LogP) is 6.19. The zero-order valence-corrected chi connectivity index (χ0v) is 16.5. The molecule has 1 N–H and O–H groups in total. The fraction of sp³-hybridized carbons (Fsp3) is 0.286. The Bertz CT molecular complexity index is 817. The van der Waals surface area contributed by atoms with E-state index >= 15 is 0 Å². The summed E-state index contributed by atoms with van der Waals surface area (Å²) in [6, 6.07) is 13.0. The largest absolute Gasteiger partial charge is 0.497 e. The van der Waals surface area contributed by atoms with Crippen LogP contribution in [0.25, 0.3) is 0 Å². The van der Waals surface area contributed by atoms with Crippen LogP contribution in [0.3, 0.4) is 0 Å². The number of nitrogens with one attached hydrogen (secondary N) is 1. The van der Waals surface area contributed by atoms with Gasteiger partial charge in [0.25, 0.3) is 0 Å². The Balaban J connectivity index is 1.89. The number of allylic oxidation sites excluding steroid dienone is 1. The minimum atomic E-state index is -0.0109. The molecule has 1 heterocycles. The summed E-state index contributed by atoms with van der Waals surface area (Å²) in [5.74, 6) is 0.834. The second-order valence-corrected chi connectivity index (χ2v) is 7.89. The number of anilines is 1. The molecule has 3 rings (SSSR count). The maximum absolute atomic E-state index is 12.7. The third-order valence-electron chi connectivity index (χ3n) is 4.32. The third-order valence-corrected chi connectivity index (χ3v) is 5.94. The smallest absolute Gasteiger partial charge is 0.187 e. The number of benzene rings is 2. The van der Waals surface area contributed by atoms with E-state index in [0.717, 1.165) is 41.3 Å². The highest BCUT2D eigenvalue weighted by Crippen LogP contribution is 2.43. The minimum absolute atomic E-state index is 0.0109. The van der Waals surface area contributed by atoms with Crippen LogP contribution in [0.2, 0.25) is 5.02 Å². The van der Waals surface area contributed by atoms with Crippen molar-refractivity contribution in [2.45, 2.75) is 36.3 Å². The molecule has 2 aromatic rings. The highest BCUT2D eigenvalue weighted by Gasteiger charge is 2.24. The van der Waals surface area contributed by atoms with Gasteiger partial charge in [0.15, 0.2) is 5.78 Å². The van der Waals surface area contributed by atoms with Crippen molar-refractivity contribution in [2.24, 2.45) is 0 Å². The van der Waals surface area contributed by atoms with E-state index in [9.17, 15) is 4.79 Å². The summed E-state index contributed by atoms with van der Waals surface area (Å²) >= 11 is 7.71. The lowest BCUT2D eigenvalue weighted by Crippen LogP contribution is -2.20. The van der Waals surface area contributed by atoms with Crippen molar-refractivity contribution in [3.8, 4) is 5.75 Å². The third kappa shape index (κ3) is 4.43. The van der Waals surface area contributed by atoms with Gasteiger partial charge < -0.3 is 10.1 Å². The number of ketones is 1. The SMILES string of the molecule is CCCCC1Sc2cc(OC)ccc2N/C1=C\C(=O)c1ccc(Cl)cc1. The maximum atomic E-state index is 12.7. The molecule has 2 aromatic carbocycles. The van der Waals surface area contributed by atoms with Crippen LogP contribution >= 0.6 is 23.4 Å². The van der Waals surface area contributed by atoms with Crippen LogP contribution in [0.4, 0.5) is 5.69 Å². The number of fused-ring (bicyclic) bond motifs is 1. The molecule has 0 radical (unpaired) electrons. The molecule has 3 nitrogen and oxygen atoms in total. The molecule has 1 aliphatic rings. The number of hydrogen-bond donors (Lipinski definition) is 1. The summed E-state index contributed by atoms with van der Waals surface area (Å²) in [6.07, 6.45) is 4.99. The van der Waals surface area contributed by atoms with Gasteiger partial charge in [0.2, 0.25) is 0 Å². The fourth-order valence-corrected chi connectivity index (χ4v) is 4.26. The molecule has 26 heavy (non-hydrogen) atoms. The second-order valence-electron chi connectivity index (χ2n) is 6.21. The molecule has 0 aromatic heterocycles. The topological polar surface area (TPSA) is 38.3 Å². The van der Waals surface area contributed by atoms with Gasteiger partial charge in [-0.1, -0.05) is 31.4 Å². The van der Waals surface area contributed by atoms with Crippen molar-refractivity contribution in [1.29, 1.82) is 0 Å². The van der Waals surface area contributed by atoms with E-state index in [1.807, 2.05) is 18.2 Å². The van der Waals surface area contributed by atoms with Gasteiger partial charge in [0.1, 0.15) is 5.75 Å². The van der Waals surface area contributed by atoms with Crippen LogP contribution < -0.4 is 10.1 Å². The average Bonchev–Trinajstić information content (AvgIpc) is 2.66. The molecule has 1 atom stereocenters. The van der Waals surface area contributed by atoms with Gasteiger partial charge in [-0.05, 0) is 48.9 Å². The van der Waals surface area contributed by atoms with Crippen molar-refractivity contribution in [3.63, 3.8) is 0 Å². The van der Waals surface area contributed by atoms with E-state index < -0.39 is 0 Å². The van der Waals surface area contributed by atoms with Crippen LogP contribution in [0.1, 0.15) is 36.5 Å². The lowest BCUT2D eigenvalue weighted by atomic mass is 10.1. The molecule has 0 bridgehead atoms. The van der Waals surface area contributed by atoms with Gasteiger partial charge in [-0.2, -0.15) is 0 Å². The highest BCUT2D eigenvalue weighted by atomic mass is 35.5. The van der Waals surface area contributed by atoms with Crippen LogP contribution in [0, 0.1) is 0 Å². The van der Waals surface area contributed by atoms with Gasteiger partial charge in [-0.25, -0.2) is 0 Å². The number of unbranched alkanes of at least 4 members (excludes halogenated alkanes) is 1. The monoisotopic (exact) mass is 387 g/mol. The van der Waals surface area contributed by atoms with E-state index in [0.29, 0.717) is 10.6 Å². The number of hydrogen-bond acceptors (Lipinski definition) is 4. The van der Waals surface area contributed by atoms with Gasteiger partial charge in [-0.3, -0.25) is 4.79 Å². The van der Waals surface area contributed by atoms with E-state index in [1.165, 1.54) is 0 Å². The van der Waals surface area contributed by atoms with Crippen molar-refractivity contribution >= 4 is 34.8 Å². The predicted molar refractivity (Wildman–Crippen MR) is 110 cm³/mol. The summed E-state index contributed by atoms with van der Waals surface area (Å²) in [7, 11) is 1.67. The molecule has 136 valence electrons. The number of carbonyl (C=O) groups excluding carboxylic acids is 1. The molecule has 0 saturated heterocycles. The van der Waals surface area contributed by atoms with Crippen molar-refractivity contribution in [1.82, 2.24) is 0 Å². The fourth-order valence-electron chi connectivity index (χ4n) is 2.85. The zero-order chi connectivity index (χ0) is 18.5. The van der Waals surface area contributed by atoms with E-state index in [-0.39, 0.29) is 11.0 Å². The van der Waals surface area contributed by atoms with Crippen LogP contribution in [-0.2, 0) is 0 Å². The lowest BCUT2D eigenvalue weighted by molar-refractivity contribution is 0.104. The molecule has 0 amide bonds. The summed E-state index contributed by atoms with van der Waals surface area (Å²) in [6.45, 7) is 2.18. The standard InChI is InChI=1S/C21H22ClNO2S/c1-3-4-5-20-18(13-19(24)14-6-8-15(22)9-7-14)23-17-11-10-16(25-2)12-21(17)26-20/h6-13,20,23H,3-5H2,1-2H3/b18-13-. The van der Waals surface area contributed by atoms with Crippen LogP contribution in [-0.4, -0.2) is 18.1 Å². The zero-order valence-electron chi connectivity index (χ0n) is 14.9. The number of rotatable bonds is 6. The number of halogens is 1. The van der Waals surface area contributed by atoms with Gasteiger partial charge >= 0.3 is 0 Å². The molecule has 0 saturated carbocycles. The number of methoxy groups -OCH3 is 1. The summed E-state index contributed by atoms with van der Waals surface area (Å²) in [5, 5.41) is 4.31. The summed E-state index contributed by atoms with van der Waals surface area (Å²) in [4.78, 5) is 13.8. The van der Waals surface area contributed by atoms with Gasteiger partial charge in [-0.15, -0.1) is 11.8 Å². The molecule has 0 spiro atoms. The van der Waals surface area contributed by atoms with E-state index in [2.05, 4.69) is 12.2 Å². The molecule has 5 heteroatoms. The second kappa shape index (κ2) is 8.65. The molecule has 0 aliphatic carbocycles. The number of thioether (sulfide) groups is 1. The molecular weight excluding hydrogens is 366 g/mol. The Hall–Kier alpha value is -1.91. The number of ether oxygens (including phenoxy) is 1. The molecular formula is C21H22ClNO2S. The molecule has 0 fully saturated rings. The van der Waals surface area contributed by atoms with Crippen LogP contribution in [0.5, 0.6) is 5.75 Å². The first-order valence-electron chi connectivity index (χ1n) is 8.74. The Kier molecular flexibility index (Phi) is 6.28. The quantitative estimate of drug-likeness (QED) is 0.473. The van der Waals surface area contributed by atoms with E-state index in [4.69, 9.17) is 16.3 Å². The Morgan fingerprint density at radius 2 is 2.04 bits per heavy atom. The first kappa shape index (κ1) is 18.9. The molecule has 1 unspecified atom stereocenters. The first-order valence-corrected chi connectivity index (χ1v) is 9.99. The van der Waals surface area contributed by atoms with Gasteiger partial charge in [0, 0.05) is 32.5 Å². The van der Waals surface area contributed by atoms with E-state index in [1.54, 1.807) is 49.2 Å². The van der Waals surface area contributed by atoms with Crippen LogP contribution in [0.15, 0.2) is 59.1 Å². The highest BCUT2D eigenvalue weighted by molar-refractivity contribution is 8.00. The van der Waals surface area contributed by atoms with Crippen molar-refractivity contribution < 1.29 is 9.53 Å². The normalized spacial score (nSPS) is 17.5. The van der Waals surface area contributed by atoms with Crippen molar-refractivity contribution in [2.75, 3.05) is 12.4 Å². The first-order chi connectivity index (χ1) is 12.6. The lowest BCUT2D eigenvalue weighted by Gasteiger charge is -2.29. The summed E-state index contributed by atoms with van der Waals surface area (Å²) in [5.41, 5.74) is 2.61. The average molecular weight is 388 g/mol. The molecule has 1 aliphatic heterocycles. The maximum Gasteiger partial charge on any atom is 0.187 e. The minimum Gasteiger partial charge on any atom is -0.497 e. The Labute approximate surface area is 163 Å². The Morgan fingerprint density at radius 3 is 2.73 bits per heavy atom. The van der Waals surface area contributed by atoms with Crippen molar-refractivity contribution in [3.05, 3.63) is 64.8 Å². The number of carbonyl (C=O) groups is 1. The summed E-state index contributed by atoms with van der Waals surface area (Å²) < 4.78 is 5.33. The van der Waals surface area contributed by atoms with Gasteiger partial charge in [0.05, 0.1) is 12.8 Å².